The van der Waals surface area contributed by atoms with Gasteiger partial charge in [0.05, 0.1) is 0 Å². The third-order valence-corrected chi connectivity index (χ3v) is 5.14. The standard InChI is InChI=1S/C22H21NO3S/c1-14-9-10-15(2)18(13-14)23-21(24)20(17-7-5-4-6-8-17)26-22(25)19-12-11-16(3)27-19/h4-13,20H,1-3H3,(H,23,24)/t20-/m0/s1. The van der Waals surface area contributed by atoms with E-state index in [4.69, 9.17) is 4.74 Å². The third kappa shape index (κ3) is 4.63. The SMILES string of the molecule is Cc1ccc(C)c(NC(=O)[C@@H](OC(=O)c2ccc(C)s2)c2ccccc2)c1. The van der Waals surface area contributed by atoms with Crippen molar-refractivity contribution in [2.45, 2.75) is 26.9 Å². The lowest BCUT2D eigenvalue weighted by Crippen LogP contribution is -2.26. The van der Waals surface area contributed by atoms with Gasteiger partial charge in [-0.25, -0.2) is 4.79 Å². The molecule has 0 unspecified atom stereocenters. The normalized spacial score (nSPS) is 11.7. The summed E-state index contributed by atoms with van der Waals surface area (Å²) in [5.41, 5.74) is 3.32. The van der Waals surface area contributed by atoms with Gasteiger partial charge in [-0.15, -0.1) is 11.3 Å². The number of ether oxygens (including phenoxy) is 1. The third-order valence-electron chi connectivity index (χ3n) is 4.16. The number of hydrogen-bond donors (Lipinski definition) is 1. The van der Waals surface area contributed by atoms with Crippen LogP contribution in [0.15, 0.2) is 60.7 Å². The fourth-order valence-electron chi connectivity index (χ4n) is 2.68. The van der Waals surface area contributed by atoms with Gasteiger partial charge in [0, 0.05) is 16.1 Å². The average molecular weight is 379 g/mol. The van der Waals surface area contributed by atoms with Gasteiger partial charge in [0.25, 0.3) is 5.91 Å². The van der Waals surface area contributed by atoms with Crippen molar-refractivity contribution in [2.24, 2.45) is 0 Å². The quantitative estimate of drug-likeness (QED) is 0.619. The lowest BCUT2D eigenvalue weighted by atomic mass is 10.1. The minimum atomic E-state index is -1.03. The molecule has 1 heterocycles. The lowest BCUT2D eigenvalue weighted by molar-refractivity contribution is -0.125. The lowest BCUT2D eigenvalue weighted by Gasteiger charge is -2.18. The Balaban J connectivity index is 1.86. The van der Waals surface area contributed by atoms with Crippen LogP contribution in [-0.2, 0) is 9.53 Å². The van der Waals surface area contributed by atoms with E-state index in [1.165, 1.54) is 11.3 Å². The molecule has 0 aliphatic carbocycles. The smallest absolute Gasteiger partial charge is 0.349 e. The van der Waals surface area contributed by atoms with Crippen molar-refractivity contribution in [2.75, 3.05) is 5.32 Å². The van der Waals surface area contributed by atoms with Crippen molar-refractivity contribution < 1.29 is 14.3 Å². The Morgan fingerprint density at radius 3 is 2.37 bits per heavy atom. The molecule has 1 atom stereocenters. The summed E-state index contributed by atoms with van der Waals surface area (Å²) in [7, 11) is 0. The molecule has 1 aromatic heterocycles. The molecule has 0 saturated carbocycles. The first-order valence-corrected chi connectivity index (χ1v) is 9.46. The molecule has 0 bridgehead atoms. The number of thiophene rings is 1. The summed E-state index contributed by atoms with van der Waals surface area (Å²) in [6.45, 7) is 5.80. The average Bonchev–Trinajstić information content (AvgIpc) is 3.09. The maximum absolute atomic E-state index is 13.0. The van der Waals surface area contributed by atoms with Gasteiger partial charge in [0.1, 0.15) is 4.88 Å². The van der Waals surface area contributed by atoms with Crippen LogP contribution < -0.4 is 5.32 Å². The number of hydrogen-bond acceptors (Lipinski definition) is 4. The molecule has 4 nitrogen and oxygen atoms in total. The molecule has 1 N–H and O–H groups in total. The predicted octanol–water partition coefficient (Wildman–Crippen LogP) is 5.21. The van der Waals surface area contributed by atoms with E-state index in [1.807, 2.05) is 63.2 Å². The van der Waals surface area contributed by atoms with Crippen LogP contribution in [0, 0.1) is 20.8 Å². The van der Waals surface area contributed by atoms with Gasteiger partial charge in [-0.1, -0.05) is 42.5 Å². The molecule has 0 fully saturated rings. The highest BCUT2D eigenvalue weighted by molar-refractivity contribution is 7.13. The first-order chi connectivity index (χ1) is 12.9. The van der Waals surface area contributed by atoms with Crippen LogP contribution in [-0.4, -0.2) is 11.9 Å². The molecule has 0 spiro atoms. The Bertz CT molecular complexity index is 963. The summed E-state index contributed by atoms with van der Waals surface area (Å²) in [5.74, 6) is -0.880. The van der Waals surface area contributed by atoms with Gasteiger partial charge >= 0.3 is 5.97 Å². The molecule has 1 amide bonds. The number of rotatable bonds is 5. The van der Waals surface area contributed by atoms with Gasteiger partial charge in [0.2, 0.25) is 6.10 Å². The Morgan fingerprint density at radius 1 is 0.963 bits per heavy atom. The number of anilines is 1. The number of benzene rings is 2. The van der Waals surface area contributed by atoms with E-state index < -0.39 is 12.1 Å². The zero-order valence-corrected chi connectivity index (χ0v) is 16.3. The molecule has 0 aliphatic rings. The van der Waals surface area contributed by atoms with Crippen LogP contribution in [0.1, 0.15) is 37.3 Å². The van der Waals surface area contributed by atoms with E-state index >= 15 is 0 Å². The Labute approximate surface area is 162 Å². The van der Waals surface area contributed by atoms with E-state index in [0.717, 1.165) is 16.0 Å². The van der Waals surface area contributed by atoms with Crippen molar-refractivity contribution in [1.29, 1.82) is 0 Å². The topological polar surface area (TPSA) is 55.4 Å². The second kappa shape index (κ2) is 8.18. The number of amides is 1. The van der Waals surface area contributed by atoms with Gasteiger partial charge in [0.15, 0.2) is 0 Å². The maximum atomic E-state index is 13.0. The van der Waals surface area contributed by atoms with Gasteiger partial charge in [-0.05, 0) is 50.1 Å². The number of aryl methyl sites for hydroxylation is 3. The van der Waals surface area contributed by atoms with Gasteiger partial charge in [-0.2, -0.15) is 0 Å². The summed E-state index contributed by atoms with van der Waals surface area (Å²) in [6.07, 6.45) is -1.03. The van der Waals surface area contributed by atoms with Crippen LogP contribution in [0.4, 0.5) is 5.69 Å². The zero-order valence-electron chi connectivity index (χ0n) is 15.5. The van der Waals surface area contributed by atoms with Crippen molar-refractivity contribution in [3.05, 3.63) is 87.1 Å². The molecule has 0 saturated heterocycles. The van der Waals surface area contributed by atoms with Gasteiger partial charge < -0.3 is 10.1 Å². The highest BCUT2D eigenvalue weighted by Gasteiger charge is 2.26. The molecule has 0 radical (unpaired) electrons. The zero-order chi connectivity index (χ0) is 19.4. The maximum Gasteiger partial charge on any atom is 0.349 e. The number of carbonyl (C=O) groups is 2. The summed E-state index contributed by atoms with van der Waals surface area (Å²) >= 11 is 1.35. The van der Waals surface area contributed by atoms with Crippen molar-refractivity contribution in [3.8, 4) is 0 Å². The fourth-order valence-corrected chi connectivity index (χ4v) is 3.43. The van der Waals surface area contributed by atoms with E-state index in [-0.39, 0.29) is 5.91 Å². The number of carbonyl (C=O) groups excluding carboxylic acids is 2. The first kappa shape index (κ1) is 18.9. The monoisotopic (exact) mass is 379 g/mol. The molecule has 3 rings (SSSR count). The Kier molecular flexibility index (Phi) is 5.72. The van der Waals surface area contributed by atoms with Crippen LogP contribution in [0.25, 0.3) is 0 Å². The van der Waals surface area contributed by atoms with Crippen molar-refractivity contribution >= 4 is 28.9 Å². The highest BCUT2D eigenvalue weighted by Crippen LogP contribution is 2.25. The largest absolute Gasteiger partial charge is 0.443 e. The molecular weight excluding hydrogens is 358 g/mol. The van der Waals surface area contributed by atoms with Crippen LogP contribution in [0.3, 0.4) is 0 Å². The van der Waals surface area contributed by atoms with Crippen molar-refractivity contribution in [3.63, 3.8) is 0 Å². The molecule has 2 aromatic carbocycles. The van der Waals surface area contributed by atoms with E-state index in [0.29, 0.717) is 16.1 Å². The predicted molar refractivity (Wildman–Crippen MR) is 108 cm³/mol. The molecule has 5 heteroatoms. The van der Waals surface area contributed by atoms with Crippen LogP contribution in [0.2, 0.25) is 0 Å². The molecule has 27 heavy (non-hydrogen) atoms. The Hall–Kier alpha value is -2.92. The minimum Gasteiger partial charge on any atom is -0.443 e. The Morgan fingerprint density at radius 2 is 1.70 bits per heavy atom. The summed E-state index contributed by atoms with van der Waals surface area (Å²) in [4.78, 5) is 27.0. The van der Waals surface area contributed by atoms with E-state index in [9.17, 15) is 9.59 Å². The summed E-state index contributed by atoms with van der Waals surface area (Å²) in [6, 6.07) is 18.4. The molecular formula is C22H21NO3S. The fraction of sp³-hybridized carbons (Fsp3) is 0.182. The molecule has 3 aromatic rings. The van der Waals surface area contributed by atoms with Crippen LogP contribution >= 0.6 is 11.3 Å². The minimum absolute atomic E-state index is 0.378. The second-order valence-electron chi connectivity index (χ2n) is 6.41. The molecule has 0 aliphatic heterocycles. The summed E-state index contributed by atoms with van der Waals surface area (Å²) in [5, 5.41) is 2.90. The summed E-state index contributed by atoms with van der Waals surface area (Å²) < 4.78 is 5.60. The van der Waals surface area contributed by atoms with E-state index in [2.05, 4.69) is 5.32 Å². The molecule has 138 valence electrons. The highest BCUT2D eigenvalue weighted by atomic mass is 32.1. The van der Waals surface area contributed by atoms with Crippen LogP contribution in [0.5, 0.6) is 0 Å². The second-order valence-corrected chi connectivity index (χ2v) is 7.70. The van der Waals surface area contributed by atoms with E-state index in [1.54, 1.807) is 18.2 Å². The first-order valence-electron chi connectivity index (χ1n) is 8.64. The number of nitrogens with one attached hydrogen (secondary N) is 1. The van der Waals surface area contributed by atoms with Gasteiger partial charge in [-0.3, -0.25) is 4.79 Å². The van der Waals surface area contributed by atoms with Crippen molar-refractivity contribution in [1.82, 2.24) is 0 Å². The number of esters is 1.